The summed E-state index contributed by atoms with van der Waals surface area (Å²) in [6, 6.07) is 6.03. The van der Waals surface area contributed by atoms with Crippen LogP contribution >= 0.6 is 0 Å². The van der Waals surface area contributed by atoms with E-state index in [9.17, 15) is 18.0 Å². The minimum Gasteiger partial charge on any atom is -0.354 e. The molecule has 0 saturated carbocycles. The van der Waals surface area contributed by atoms with E-state index in [0.29, 0.717) is 0 Å². The van der Waals surface area contributed by atoms with Crippen LogP contribution in [0.4, 0.5) is 0 Å². The number of rotatable bonds is 4. The first-order valence-corrected chi connectivity index (χ1v) is 7.73. The molecule has 1 aliphatic heterocycles. The van der Waals surface area contributed by atoms with Gasteiger partial charge in [-0.2, -0.15) is 0 Å². The van der Waals surface area contributed by atoms with E-state index in [-0.39, 0.29) is 35.4 Å². The highest BCUT2D eigenvalue weighted by atomic mass is 32.2. The molecule has 0 bridgehead atoms. The monoisotopic (exact) mass is 296 g/mol. The standard InChI is InChI=1S/C13H16N2O4S/c1-9(2)14-12(16)7-8-15-13(17)10-5-3-4-6-11(10)20(15,18)19/h3-6,9H,7-8H2,1-2H3,(H,14,16). The van der Waals surface area contributed by atoms with Gasteiger partial charge in [-0.3, -0.25) is 9.59 Å². The zero-order valence-corrected chi connectivity index (χ0v) is 12.1. The number of benzene rings is 1. The molecule has 1 aliphatic rings. The molecule has 0 aromatic heterocycles. The molecule has 1 aromatic carbocycles. The number of sulfonamides is 1. The number of fused-ring (bicyclic) bond motifs is 1. The number of hydrogen-bond acceptors (Lipinski definition) is 4. The lowest BCUT2D eigenvalue weighted by Crippen LogP contribution is -2.36. The molecular weight excluding hydrogens is 280 g/mol. The average Bonchev–Trinajstić information content (AvgIpc) is 2.55. The van der Waals surface area contributed by atoms with Crippen molar-refractivity contribution in [3.05, 3.63) is 29.8 Å². The molecule has 1 aromatic rings. The van der Waals surface area contributed by atoms with Crippen LogP contribution in [-0.4, -0.2) is 37.1 Å². The summed E-state index contributed by atoms with van der Waals surface area (Å²) in [4.78, 5) is 23.6. The highest BCUT2D eigenvalue weighted by molar-refractivity contribution is 7.90. The minimum absolute atomic E-state index is 0.00858. The second-order valence-corrected chi connectivity index (χ2v) is 6.68. The summed E-state index contributed by atoms with van der Waals surface area (Å²) in [5, 5.41) is 2.66. The fraction of sp³-hybridized carbons (Fsp3) is 0.385. The minimum atomic E-state index is -3.82. The van der Waals surface area contributed by atoms with Crippen molar-refractivity contribution in [1.29, 1.82) is 0 Å². The van der Waals surface area contributed by atoms with Crippen LogP contribution in [0.15, 0.2) is 29.2 Å². The summed E-state index contributed by atoms with van der Waals surface area (Å²) in [5.74, 6) is -0.850. The SMILES string of the molecule is CC(C)NC(=O)CCN1C(=O)c2ccccc2S1(=O)=O. The van der Waals surface area contributed by atoms with Crippen molar-refractivity contribution in [2.75, 3.05) is 6.54 Å². The maximum Gasteiger partial charge on any atom is 0.269 e. The maximum absolute atomic E-state index is 12.2. The van der Waals surface area contributed by atoms with Crippen LogP contribution in [0.1, 0.15) is 30.6 Å². The Labute approximate surface area is 117 Å². The van der Waals surface area contributed by atoms with Gasteiger partial charge in [0.1, 0.15) is 4.90 Å². The molecule has 0 fully saturated rings. The predicted molar refractivity (Wildman–Crippen MR) is 72.6 cm³/mol. The van der Waals surface area contributed by atoms with E-state index in [1.165, 1.54) is 12.1 Å². The molecule has 7 heteroatoms. The van der Waals surface area contributed by atoms with Crippen molar-refractivity contribution < 1.29 is 18.0 Å². The molecule has 20 heavy (non-hydrogen) atoms. The van der Waals surface area contributed by atoms with E-state index < -0.39 is 15.9 Å². The van der Waals surface area contributed by atoms with Gasteiger partial charge in [0, 0.05) is 19.0 Å². The van der Waals surface area contributed by atoms with E-state index in [1.807, 2.05) is 13.8 Å². The average molecular weight is 296 g/mol. The first-order valence-electron chi connectivity index (χ1n) is 6.29. The fourth-order valence-electron chi connectivity index (χ4n) is 2.05. The van der Waals surface area contributed by atoms with E-state index in [4.69, 9.17) is 0 Å². The Kier molecular flexibility index (Phi) is 3.80. The predicted octanol–water partition coefficient (Wildman–Crippen LogP) is 0.746. The summed E-state index contributed by atoms with van der Waals surface area (Å²) >= 11 is 0. The van der Waals surface area contributed by atoms with Crippen molar-refractivity contribution in [2.24, 2.45) is 0 Å². The van der Waals surface area contributed by atoms with Crippen LogP contribution < -0.4 is 5.32 Å². The Morgan fingerprint density at radius 2 is 1.95 bits per heavy atom. The molecule has 0 radical (unpaired) electrons. The summed E-state index contributed by atoms with van der Waals surface area (Å²) < 4.78 is 25.2. The van der Waals surface area contributed by atoms with E-state index in [1.54, 1.807) is 12.1 Å². The van der Waals surface area contributed by atoms with Crippen LogP contribution in [0.5, 0.6) is 0 Å². The highest BCUT2D eigenvalue weighted by Gasteiger charge is 2.40. The van der Waals surface area contributed by atoms with Gasteiger partial charge in [0.25, 0.3) is 15.9 Å². The van der Waals surface area contributed by atoms with Gasteiger partial charge in [-0.25, -0.2) is 12.7 Å². The topological polar surface area (TPSA) is 83.6 Å². The fourth-order valence-corrected chi connectivity index (χ4v) is 3.62. The second-order valence-electron chi connectivity index (χ2n) is 4.85. The Balaban J connectivity index is 2.16. The quantitative estimate of drug-likeness (QED) is 0.888. The van der Waals surface area contributed by atoms with Gasteiger partial charge >= 0.3 is 0 Å². The molecule has 2 rings (SSSR count). The second kappa shape index (κ2) is 5.24. The molecule has 0 saturated heterocycles. The molecule has 0 unspecified atom stereocenters. The van der Waals surface area contributed by atoms with Gasteiger partial charge in [0.15, 0.2) is 0 Å². The molecule has 108 valence electrons. The summed E-state index contributed by atoms with van der Waals surface area (Å²) in [6.07, 6.45) is -0.0445. The van der Waals surface area contributed by atoms with Crippen LogP contribution in [-0.2, 0) is 14.8 Å². The molecule has 0 aliphatic carbocycles. The maximum atomic E-state index is 12.2. The number of amides is 2. The van der Waals surface area contributed by atoms with E-state index >= 15 is 0 Å². The number of hydrogen-bond donors (Lipinski definition) is 1. The Hall–Kier alpha value is -1.89. The number of carbonyl (C=O) groups excluding carboxylic acids is 2. The lowest BCUT2D eigenvalue weighted by molar-refractivity contribution is -0.121. The Morgan fingerprint density at radius 3 is 2.55 bits per heavy atom. The van der Waals surface area contributed by atoms with Crippen molar-refractivity contribution >= 4 is 21.8 Å². The lowest BCUT2D eigenvalue weighted by atomic mass is 10.2. The largest absolute Gasteiger partial charge is 0.354 e. The van der Waals surface area contributed by atoms with Crippen molar-refractivity contribution in [3.8, 4) is 0 Å². The van der Waals surface area contributed by atoms with Crippen LogP contribution in [0, 0.1) is 0 Å². The molecule has 6 nitrogen and oxygen atoms in total. The summed E-state index contributed by atoms with van der Waals surface area (Å²) in [5.41, 5.74) is 0.164. The Bertz CT molecular complexity index is 652. The van der Waals surface area contributed by atoms with Gasteiger partial charge in [-0.1, -0.05) is 12.1 Å². The highest BCUT2D eigenvalue weighted by Crippen LogP contribution is 2.29. The number of nitrogens with zero attached hydrogens (tertiary/aromatic N) is 1. The number of carbonyl (C=O) groups is 2. The Morgan fingerprint density at radius 1 is 1.30 bits per heavy atom. The van der Waals surface area contributed by atoms with E-state index in [0.717, 1.165) is 4.31 Å². The number of nitrogens with one attached hydrogen (secondary N) is 1. The smallest absolute Gasteiger partial charge is 0.269 e. The summed E-state index contributed by atoms with van der Waals surface area (Å²) in [6.45, 7) is 3.48. The van der Waals surface area contributed by atoms with Crippen molar-refractivity contribution in [1.82, 2.24) is 9.62 Å². The first kappa shape index (κ1) is 14.5. The van der Waals surface area contributed by atoms with Crippen LogP contribution in [0.2, 0.25) is 0 Å². The third-order valence-corrected chi connectivity index (χ3v) is 4.74. The van der Waals surface area contributed by atoms with Gasteiger partial charge < -0.3 is 5.32 Å². The van der Waals surface area contributed by atoms with Gasteiger partial charge in [0.2, 0.25) is 5.91 Å². The van der Waals surface area contributed by atoms with Crippen LogP contribution in [0.25, 0.3) is 0 Å². The molecule has 0 atom stereocenters. The normalized spacial score (nSPS) is 16.4. The van der Waals surface area contributed by atoms with Crippen molar-refractivity contribution in [2.45, 2.75) is 31.2 Å². The van der Waals surface area contributed by atoms with Crippen LogP contribution in [0.3, 0.4) is 0 Å². The molecule has 1 heterocycles. The van der Waals surface area contributed by atoms with Gasteiger partial charge in [-0.15, -0.1) is 0 Å². The third-order valence-electron chi connectivity index (χ3n) is 2.90. The van der Waals surface area contributed by atoms with Gasteiger partial charge in [-0.05, 0) is 26.0 Å². The first-order chi connectivity index (χ1) is 9.34. The molecule has 1 N–H and O–H groups in total. The molecule has 0 spiro atoms. The van der Waals surface area contributed by atoms with E-state index in [2.05, 4.69) is 5.32 Å². The molecule has 2 amide bonds. The van der Waals surface area contributed by atoms with Crippen molar-refractivity contribution in [3.63, 3.8) is 0 Å². The molecular formula is C13H16N2O4S. The summed E-state index contributed by atoms with van der Waals surface area (Å²) in [7, 11) is -3.82. The third kappa shape index (κ3) is 2.53. The zero-order chi connectivity index (χ0) is 14.9. The zero-order valence-electron chi connectivity index (χ0n) is 11.3. The van der Waals surface area contributed by atoms with Gasteiger partial charge in [0.05, 0.1) is 5.56 Å². The lowest BCUT2D eigenvalue weighted by Gasteiger charge is -2.15.